The molecular formula is C19H15ClN6O2. The molecule has 0 aliphatic heterocycles. The smallest absolute Gasteiger partial charge is 0.362 e. The van der Waals surface area contributed by atoms with E-state index in [-0.39, 0.29) is 12.3 Å². The van der Waals surface area contributed by atoms with Gasteiger partial charge in [0.15, 0.2) is 11.5 Å². The maximum Gasteiger partial charge on any atom is 0.362 e. The van der Waals surface area contributed by atoms with Crippen LogP contribution in [0.15, 0.2) is 53.6 Å². The molecule has 0 bridgehead atoms. The zero-order valence-corrected chi connectivity index (χ0v) is 15.6. The largest absolute Gasteiger partial charge is 0.461 e. The predicted octanol–water partition coefficient (Wildman–Crippen LogP) is 3.55. The molecule has 0 unspecified atom stereocenters. The number of hydrogen-bond donors (Lipinski definition) is 1. The summed E-state index contributed by atoms with van der Waals surface area (Å²) in [5.41, 5.74) is 4.89. The van der Waals surface area contributed by atoms with E-state index in [9.17, 15) is 4.79 Å². The molecule has 4 aromatic rings. The van der Waals surface area contributed by atoms with Crippen LogP contribution in [0.5, 0.6) is 0 Å². The molecule has 0 spiro atoms. The van der Waals surface area contributed by atoms with Gasteiger partial charge in [-0.15, -0.1) is 5.10 Å². The minimum atomic E-state index is -0.573. The molecule has 4 rings (SSSR count). The van der Waals surface area contributed by atoms with Gasteiger partial charge in [-0.05, 0) is 36.8 Å². The van der Waals surface area contributed by atoms with E-state index in [1.54, 1.807) is 25.3 Å². The summed E-state index contributed by atoms with van der Waals surface area (Å²) in [6.07, 6.45) is 1.65. The van der Waals surface area contributed by atoms with Gasteiger partial charge in [-0.3, -0.25) is 5.43 Å². The molecule has 0 radical (unpaired) electrons. The topological polar surface area (TPSA) is 93.8 Å². The highest BCUT2D eigenvalue weighted by Gasteiger charge is 2.20. The molecule has 0 aliphatic carbocycles. The number of para-hydroxylation sites is 1. The molecule has 0 fully saturated rings. The summed E-state index contributed by atoms with van der Waals surface area (Å²) in [6, 6.07) is 14.8. The lowest BCUT2D eigenvalue weighted by atomic mass is 10.2. The first-order valence-corrected chi connectivity index (χ1v) is 8.91. The zero-order chi connectivity index (χ0) is 19.5. The van der Waals surface area contributed by atoms with Crippen molar-refractivity contribution in [3.63, 3.8) is 0 Å². The van der Waals surface area contributed by atoms with E-state index >= 15 is 0 Å². The number of anilines is 1. The van der Waals surface area contributed by atoms with Crippen LogP contribution in [0.25, 0.3) is 16.6 Å². The predicted molar refractivity (Wildman–Crippen MR) is 107 cm³/mol. The summed E-state index contributed by atoms with van der Waals surface area (Å²) in [6.45, 7) is 1.97. The lowest BCUT2D eigenvalue weighted by molar-refractivity contribution is 0.0521. The van der Waals surface area contributed by atoms with Crippen molar-refractivity contribution in [3.8, 4) is 0 Å². The van der Waals surface area contributed by atoms with E-state index in [4.69, 9.17) is 16.3 Å². The van der Waals surface area contributed by atoms with Gasteiger partial charge in [-0.1, -0.05) is 41.1 Å². The zero-order valence-electron chi connectivity index (χ0n) is 14.8. The fraction of sp³-hybridized carbons (Fsp3) is 0.105. The second kappa shape index (κ2) is 7.61. The molecule has 0 atom stereocenters. The van der Waals surface area contributed by atoms with Crippen molar-refractivity contribution in [2.45, 2.75) is 6.92 Å². The summed E-state index contributed by atoms with van der Waals surface area (Å²) in [5, 5.41) is 13.7. The molecule has 140 valence electrons. The van der Waals surface area contributed by atoms with E-state index < -0.39 is 5.97 Å². The molecule has 2 aromatic carbocycles. The first-order valence-electron chi connectivity index (χ1n) is 8.53. The highest BCUT2D eigenvalue weighted by atomic mass is 35.5. The summed E-state index contributed by atoms with van der Waals surface area (Å²) in [5.74, 6) is -0.0999. The number of hydrazone groups is 1. The van der Waals surface area contributed by atoms with Crippen molar-refractivity contribution < 1.29 is 9.53 Å². The molecule has 2 heterocycles. The Bertz CT molecular complexity index is 1190. The number of ether oxygens (including phenoxy) is 1. The van der Waals surface area contributed by atoms with E-state index in [1.807, 2.05) is 36.4 Å². The molecule has 0 saturated heterocycles. The Morgan fingerprint density at radius 3 is 2.82 bits per heavy atom. The normalized spacial score (nSPS) is 11.4. The number of rotatable bonds is 5. The number of carbonyl (C=O) groups is 1. The Labute approximate surface area is 164 Å². The van der Waals surface area contributed by atoms with Crippen LogP contribution in [0.3, 0.4) is 0 Å². The highest BCUT2D eigenvalue weighted by molar-refractivity contribution is 6.30. The van der Waals surface area contributed by atoms with Crippen molar-refractivity contribution in [3.05, 3.63) is 64.8 Å². The lowest BCUT2D eigenvalue weighted by Crippen LogP contribution is -2.07. The van der Waals surface area contributed by atoms with Gasteiger partial charge < -0.3 is 4.74 Å². The van der Waals surface area contributed by atoms with Crippen molar-refractivity contribution in [2.75, 3.05) is 12.0 Å². The Balaban J connectivity index is 1.76. The van der Waals surface area contributed by atoms with Gasteiger partial charge in [-0.2, -0.15) is 9.62 Å². The maximum absolute atomic E-state index is 12.2. The molecule has 1 N–H and O–H groups in total. The molecule has 0 saturated carbocycles. The molecule has 0 amide bonds. The van der Waals surface area contributed by atoms with Crippen molar-refractivity contribution in [1.29, 1.82) is 0 Å². The first kappa shape index (κ1) is 17.9. The molecular weight excluding hydrogens is 380 g/mol. The fourth-order valence-electron chi connectivity index (χ4n) is 2.70. The molecule has 8 nitrogen and oxygen atoms in total. The number of aromatic nitrogens is 4. The number of nitrogens with one attached hydrogen (secondary N) is 1. The van der Waals surface area contributed by atoms with Crippen LogP contribution in [0.1, 0.15) is 23.0 Å². The number of fused-ring (bicyclic) bond motifs is 3. The molecule has 2 aromatic heterocycles. The van der Waals surface area contributed by atoms with Crippen LogP contribution < -0.4 is 5.43 Å². The summed E-state index contributed by atoms with van der Waals surface area (Å²) in [7, 11) is 0. The monoisotopic (exact) mass is 394 g/mol. The lowest BCUT2D eigenvalue weighted by Gasteiger charge is -2.07. The summed E-state index contributed by atoms with van der Waals surface area (Å²) in [4.78, 5) is 16.7. The fourth-order valence-corrected chi connectivity index (χ4v) is 2.82. The van der Waals surface area contributed by atoms with Crippen LogP contribution in [0.2, 0.25) is 5.02 Å². The third kappa shape index (κ3) is 3.37. The highest BCUT2D eigenvalue weighted by Crippen LogP contribution is 2.24. The summed E-state index contributed by atoms with van der Waals surface area (Å²) < 4.78 is 6.55. The van der Waals surface area contributed by atoms with E-state index in [0.29, 0.717) is 16.5 Å². The SMILES string of the molecule is CCOC(=O)c1nnn2c1nc(N/N=C/c1ccc(Cl)cc1)c1ccccc12. The number of carbonyl (C=O) groups excluding carboxylic acids is 1. The first-order chi connectivity index (χ1) is 13.7. The standard InChI is InChI=1S/C19H15ClN6O2/c1-2-28-19(27)16-18-22-17(24-21-11-12-7-9-13(20)10-8-12)14-5-3-4-6-15(14)26(18)25-23-16/h3-11H,2H2,1H3,(H,22,24)/b21-11+. The van der Waals surface area contributed by atoms with Crippen LogP contribution in [-0.4, -0.2) is 38.6 Å². The Morgan fingerprint density at radius 1 is 1.25 bits per heavy atom. The number of halogens is 1. The van der Waals surface area contributed by atoms with Gasteiger partial charge in [0.25, 0.3) is 0 Å². The third-order valence-corrected chi connectivity index (χ3v) is 4.23. The minimum Gasteiger partial charge on any atom is -0.461 e. The van der Waals surface area contributed by atoms with Gasteiger partial charge in [0.2, 0.25) is 5.69 Å². The van der Waals surface area contributed by atoms with Gasteiger partial charge in [0.05, 0.1) is 18.3 Å². The van der Waals surface area contributed by atoms with Gasteiger partial charge in [-0.25, -0.2) is 9.78 Å². The van der Waals surface area contributed by atoms with Gasteiger partial charge in [0, 0.05) is 10.4 Å². The second-order valence-electron chi connectivity index (χ2n) is 5.79. The van der Waals surface area contributed by atoms with Crippen molar-refractivity contribution in [1.82, 2.24) is 19.8 Å². The Hall–Kier alpha value is -3.52. The van der Waals surface area contributed by atoms with Crippen LogP contribution in [0.4, 0.5) is 5.82 Å². The maximum atomic E-state index is 12.2. The van der Waals surface area contributed by atoms with Crippen LogP contribution in [0, 0.1) is 0 Å². The van der Waals surface area contributed by atoms with Gasteiger partial charge >= 0.3 is 5.97 Å². The molecule has 28 heavy (non-hydrogen) atoms. The van der Waals surface area contributed by atoms with E-state index in [0.717, 1.165) is 16.5 Å². The average molecular weight is 395 g/mol. The van der Waals surface area contributed by atoms with E-state index in [2.05, 4.69) is 25.8 Å². The number of benzene rings is 2. The minimum absolute atomic E-state index is 0.0531. The molecule has 0 aliphatic rings. The second-order valence-corrected chi connectivity index (χ2v) is 6.23. The number of hydrogen-bond acceptors (Lipinski definition) is 7. The quantitative estimate of drug-likeness (QED) is 0.316. The van der Waals surface area contributed by atoms with Gasteiger partial charge in [0.1, 0.15) is 0 Å². The van der Waals surface area contributed by atoms with Crippen molar-refractivity contribution in [2.24, 2.45) is 5.10 Å². The average Bonchev–Trinajstić information content (AvgIpc) is 3.14. The Kier molecular flexibility index (Phi) is 4.86. The van der Waals surface area contributed by atoms with Crippen LogP contribution >= 0.6 is 11.6 Å². The van der Waals surface area contributed by atoms with Crippen molar-refractivity contribution >= 4 is 46.2 Å². The molecule has 9 heteroatoms. The van der Waals surface area contributed by atoms with E-state index in [1.165, 1.54) is 4.52 Å². The number of esters is 1. The Morgan fingerprint density at radius 2 is 2.04 bits per heavy atom. The third-order valence-electron chi connectivity index (χ3n) is 3.97. The number of nitrogens with zero attached hydrogens (tertiary/aromatic N) is 5. The van der Waals surface area contributed by atoms with Crippen LogP contribution in [-0.2, 0) is 4.74 Å². The summed E-state index contributed by atoms with van der Waals surface area (Å²) >= 11 is 5.89.